The van der Waals surface area contributed by atoms with Gasteiger partial charge in [-0.05, 0) is 32.2 Å². The van der Waals surface area contributed by atoms with E-state index in [1.54, 1.807) is 0 Å². The molecule has 0 aromatic rings. The SMILES string of the molecule is CCC(C)(CCl)NCCC(C)C. The molecule has 0 aliphatic carbocycles. The molecule has 1 nitrogen and oxygen atoms in total. The zero-order valence-corrected chi connectivity index (χ0v) is 9.54. The number of alkyl halides is 1. The van der Waals surface area contributed by atoms with E-state index in [9.17, 15) is 0 Å². The van der Waals surface area contributed by atoms with Gasteiger partial charge in [0.05, 0.1) is 0 Å². The molecule has 1 unspecified atom stereocenters. The molecule has 0 bridgehead atoms. The molecule has 0 aliphatic rings. The van der Waals surface area contributed by atoms with Crippen LogP contribution < -0.4 is 5.32 Å². The maximum absolute atomic E-state index is 5.86. The van der Waals surface area contributed by atoms with Crippen molar-refractivity contribution >= 4 is 11.6 Å². The summed E-state index contributed by atoms with van der Waals surface area (Å²) in [6.07, 6.45) is 2.32. The van der Waals surface area contributed by atoms with E-state index in [1.165, 1.54) is 6.42 Å². The van der Waals surface area contributed by atoms with Crippen LogP contribution in [0.3, 0.4) is 0 Å². The molecule has 0 radical (unpaired) electrons. The van der Waals surface area contributed by atoms with Gasteiger partial charge in [0.25, 0.3) is 0 Å². The van der Waals surface area contributed by atoms with E-state index in [2.05, 4.69) is 33.0 Å². The van der Waals surface area contributed by atoms with E-state index in [1.807, 2.05) is 0 Å². The Morgan fingerprint density at radius 3 is 2.33 bits per heavy atom. The van der Waals surface area contributed by atoms with Crippen molar-refractivity contribution < 1.29 is 0 Å². The van der Waals surface area contributed by atoms with Gasteiger partial charge in [0.1, 0.15) is 0 Å². The van der Waals surface area contributed by atoms with Gasteiger partial charge >= 0.3 is 0 Å². The van der Waals surface area contributed by atoms with Gasteiger partial charge in [-0.15, -0.1) is 11.6 Å². The van der Waals surface area contributed by atoms with Crippen LogP contribution in [-0.4, -0.2) is 18.0 Å². The Balaban J connectivity index is 3.58. The number of nitrogens with one attached hydrogen (secondary N) is 1. The van der Waals surface area contributed by atoms with E-state index in [-0.39, 0.29) is 5.54 Å². The molecule has 0 aromatic carbocycles. The lowest BCUT2D eigenvalue weighted by Gasteiger charge is -2.27. The number of rotatable bonds is 6. The van der Waals surface area contributed by atoms with E-state index >= 15 is 0 Å². The zero-order valence-electron chi connectivity index (χ0n) is 8.78. The third-order valence-corrected chi connectivity index (χ3v) is 2.94. The summed E-state index contributed by atoms with van der Waals surface area (Å²) in [4.78, 5) is 0. The molecule has 0 spiro atoms. The molecular weight excluding hydrogens is 170 g/mol. The first-order valence-corrected chi connectivity index (χ1v) is 5.38. The number of halogens is 1. The van der Waals surface area contributed by atoms with Crippen LogP contribution in [0.25, 0.3) is 0 Å². The molecule has 1 N–H and O–H groups in total. The van der Waals surface area contributed by atoms with Crippen LogP contribution in [0.5, 0.6) is 0 Å². The maximum Gasteiger partial charge on any atom is 0.0403 e. The summed E-state index contributed by atoms with van der Waals surface area (Å²) in [5.41, 5.74) is 0.135. The number of hydrogen-bond acceptors (Lipinski definition) is 1. The average Bonchev–Trinajstić information content (AvgIpc) is 2.03. The van der Waals surface area contributed by atoms with Crippen molar-refractivity contribution in [3.05, 3.63) is 0 Å². The fourth-order valence-corrected chi connectivity index (χ4v) is 1.21. The number of hydrogen-bond donors (Lipinski definition) is 1. The van der Waals surface area contributed by atoms with Gasteiger partial charge in [-0.1, -0.05) is 20.8 Å². The molecule has 12 heavy (non-hydrogen) atoms. The summed E-state index contributed by atoms with van der Waals surface area (Å²) in [5.74, 6) is 1.47. The van der Waals surface area contributed by atoms with E-state index in [0.717, 1.165) is 18.9 Å². The average molecular weight is 192 g/mol. The highest BCUT2D eigenvalue weighted by molar-refractivity contribution is 6.18. The minimum Gasteiger partial charge on any atom is -0.310 e. The summed E-state index contributed by atoms with van der Waals surface area (Å²) in [5, 5.41) is 3.49. The van der Waals surface area contributed by atoms with Crippen LogP contribution in [0, 0.1) is 5.92 Å². The molecule has 0 rings (SSSR count). The van der Waals surface area contributed by atoms with E-state index in [4.69, 9.17) is 11.6 Å². The second-order valence-electron chi connectivity index (χ2n) is 4.16. The van der Waals surface area contributed by atoms with Crippen molar-refractivity contribution in [2.45, 2.75) is 46.1 Å². The second-order valence-corrected chi connectivity index (χ2v) is 4.42. The summed E-state index contributed by atoms with van der Waals surface area (Å²) in [7, 11) is 0. The van der Waals surface area contributed by atoms with Crippen molar-refractivity contribution in [2.24, 2.45) is 5.92 Å². The molecule has 0 aromatic heterocycles. The van der Waals surface area contributed by atoms with Crippen LogP contribution in [0.2, 0.25) is 0 Å². The van der Waals surface area contributed by atoms with Crippen LogP contribution in [0.1, 0.15) is 40.5 Å². The summed E-state index contributed by atoms with van der Waals surface area (Å²) >= 11 is 5.86. The zero-order chi connectivity index (χ0) is 9.61. The fourth-order valence-electron chi connectivity index (χ4n) is 0.929. The van der Waals surface area contributed by atoms with Crippen LogP contribution >= 0.6 is 11.6 Å². The van der Waals surface area contributed by atoms with E-state index in [0.29, 0.717) is 5.88 Å². The Kier molecular flexibility index (Phi) is 5.94. The third-order valence-electron chi connectivity index (χ3n) is 2.35. The molecule has 0 aliphatic heterocycles. The normalized spacial score (nSPS) is 16.5. The first-order valence-electron chi connectivity index (χ1n) is 4.85. The Hall–Kier alpha value is 0.250. The lowest BCUT2D eigenvalue weighted by Crippen LogP contribution is -2.44. The van der Waals surface area contributed by atoms with Crippen molar-refractivity contribution in [1.29, 1.82) is 0 Å². The van der Waals surface area contributed by atoms with Gasteiger partial charge in [0.15, 0.2) is 0 Å². The Bertz CT molecular complexity index is 108. The Labute approximate surface area is 81.9 Å². The summed E-state index contributed by atoms with van der Waals surface area (Å²) in [6.45, 7) is 9.91. The largest absolute Gasteiger partial charge is 0.310 e. The molecular formula is C10H22ClN. The van der Waals surface area contributed by atoms with Crippen LogP contribution in [0.15, 0.2) is 0 Å². The topological polar surface area (TPSA) is 12.0 Å². The monoisotopic (exact) mass is 191 g/mol. The highest BCUT2D eigenvalue weighted by atomic mass is 35.5. The van der Waals surface area contributed by atoms with Gasteiger partial charge in [0, 0.05) is 11.4 Å². The first kappa shape index (κ1) is 12.2. The fraction of sp³-hybridized carbons (Fsp3) is 1.00. The molecule has 0 saturated carbocycles. The van der Waals surface area contributed by atoms with Crippen molar-refractivity contribution in [3.63, 3.8) is 0 Å². The molecule has 1 atom stereocenters. The van der Waals surface area contributed by atoms with Crippen LogP contribution in [0.4, 0.5) is 0 Å². The Morgan fingerprint density at radius 1 is 1.42 bits per heavy atom. The highest BCUT2D eigenvalue weighted by Gasteiger charge is 2.18. The Morgan fingerprint density at radius 2 is 2.00 bits per heavy atom. The molecule has 2 heteroatoms. The molecule has 0 fully saturated rings. The van der Waals surface area contributed by atoms with Gasteiger partial charge in [-0.3, -0.25) is 0 Å². The smallest absolute Gasteiger partial charge is 0.0403 e. The lowest BCUT2D eigenvalue weighted by molar-refractivity contribution is 0.366. The van der Waals surface area contributed by atoms with Gasteiger partial charge < -0.3 is 5.32 Å². The van der Waals surface area contributed by atoms with Crippen LogP contribution in [-0.2, 0) is 0 Å². The van der Waals surface area contributed by atoms with Gasteiger partial charge in [-0.25, -0.2) is 0 Å². The predicted molar refractivity (Wildman–Crippen MR) is 56.9 cm³/mol. The van der Waals surface area contributed by atoms with Gasteiger partial charge in [-0.2, -0.15) is 0 Å². The first-order chi connectivity index (χ1) is 5.54. The highest BCUT2D eigenvalue weighted by Crippen LogP contribution is 2.11. The minimum absolute atomic E-state index is 0.135. The van der Waals surface area contributed by atoms with Crippen molar-refractivity contribution in [3.8, 4) is 0 Å². The standard InChI is InChI=1S/C10H22ClN/c1-5-10(4,8-11)12-7-6-9(2)3/h9,12H,5-8H2,1-4H3. The molecule has 74 valence electrons. The maximum atomic E-state index is 5.86. The van der Waals surface area contributed by atoms with Gasteiger partial charge in [0.2, 0.25) is 0 Å². The third kappa shape index (κ3) is 5.00. The summed E-state index contributed by atoms with van der Waals surface area (Å²) < 4.78 is 0. The van der Waals surface area contributed by atoms with Crippen molar-refractivity contribution in [2.75, 3.05) is 12.4 Å². The minimum atomic E-state index is 0.135. The van der Waals surface area contributed by atoms with Crippen molar-refractivity contribution in [1.82, 2.24) is 5.32 Å². The quantitative estimate of drug-likeness (QED) is 0.637. The summed E-state index contributed by atoms with van der Waals surface area (Å²) in [6, 6.07) is 0. The molecule has 0 heterocycles. The molecule has 0 amide bonds. The lowest BCUT2D eigenvalue weighted by atomic mass is 10.0. The molecule has 0 saturated heterocycles. The second kappa shape index (κ2) is 5.82. The predicted octanol–water partition coefficient (Wildman–Crippen LogP) is 3.03. The van der Waals surface area contributed by atoms with E-state index < -0.39 is 0 Å².